The normalized spacial score (nSPS) is 18.9. The number of rotatable bonds is 3. The van der Waals surface area contributed by atoms with Gasteiger partial charge in [0, 0.05) is 70.4 Å². The van der Waals surface area contributed by atoms with Crippen LogP contribution < -0.4 is 10.2 Å². The Balaban J connectivity index is 1.11. The predicted octanol–water partition coefficient (Wildman–Crippen LogP) is 3.10. The number of piperidine rings is 1. The number of likely N-dealkylation sites (tertiary alicyclic amines) is 1. The van der Waals surface area contributed by atoms with E-state index in [9.17, 15) is 9.59 Å². The molecular formula is C25H26ClN7O3. The van der Waals surface area contributed by atoms with Gasteiger partial charge in [-0.25, -0.2) is 9.78 Å². The van der Waals surface area contributed by atoms with Crippen LogP contribution in [-0.2, 0) is 9.63 Å². The summed E-state index contributed by atoms with van der Waals surface area (Å²) in [4.78, 5) is 41.6. The molecule has 4 heterocycles. The third kappa shape index (κ3) is 4.93. The van der Waals surface area contributed by atoms with Crippen LogP contribution in [0.2, 0.25) is 5.02 Å². The number of benzene rings is 1. The smallest absolute Gasteiger partial charge is 0.321 e. The SMILES string of the molecule is N#Cc1cccc(NC(=O)N2CCC3(CC2)CC(C(=O)N2CCN(c4ncccc4Cl)CC2)=NO3)c1. The molecular weight excluding hydrogens is 482 g/mol. The lowest BCUT2D eigenvalue weighted by molar-refractivity contribution is -0.124. The van der Waals surface area contributed by atoms with Crippen molar-refractivity contribution in [2.75, 3.05) is 49.5 Å². The summed E-state index contributed by atoms with van der Waals surface area (Å²) in [5.74, 6) is 0.636. The zero-order valence-electron chi connectivity index (χ0n) is 19.7. The number of halogens is 1. The molecule has 0 bridgehead atoms. The van der Waals surface area contributed by atoms with Gasteiger partial charge in [0.15, 0.2) is 0 Å². The minimum absolute atomic E-state index is 0.101. The van der Waals surface area contributed by atoms with Crippen molar-refractivity contribution in [1.82, 2.24) is 14.8 Å². The van der Waals surface area contributed by atoms with Crippen molar-refractivity contribution in [1.29, 1.82) is 5.26 Å². The number of nitrogens with one attached hydrogen (secondary N) is 1. The van der Waals surface area contributed by atoms with Crippen LogP contribution in [0.3, 0.4) is 0 Å². The first-order valence-corrected chi connectivity index (χ1v) is 12.3. The van der Waals surface area contributed by atoms with Gasteiger partial charge in [0.05, 0.1) is 16.7 Å². The van der Waals surface area contributed by atoms with E-state index in [1.165, 1.54) is 0 Å². The van der Waals surface area contributed by atoms with Gasteiger partial charge in [-0.05, 0) is 30.3 Å². The van der Waals surface area contributed by atoms with Gasteiger partial charge in [0.1, 0.15) is 17.1 Å². The topological polar surface area (TPSA) is 114 Å². The molecule has 186 valence electrons. The van der Waals surface area contributed by atoms with Crippen LogP contribution in [0.4, 0.5) is 16.3 Å². The van der Waals surface area contributed by atoms with E-state index in [4.69, 9.17) is 21.7 Å². The largest absolute Gasteiger partial charge is 0.388 e. The molecule has 3 aliphatic heterocycles. The lowest BCUT2D eigenvalue weighted by atomic mass is 9.86. The van der Waals surface area contributed by atoms with E-state index in [-0.39, 0.29) is 11.9 Å². The molecule has 1 aromatic heterocycles. The molecule has 0 unspecified atom stereocenters. The van der Waals surface area contributed by atoms with Gasteiger partial charge in [-0.15, -0.1) is 0 Å². The molecule has 3 amide bonds. The maximum Gasteiger partial charge on any atom is 0.321 e. The molecule has 11 heteroatoms. The summed E-state index contributed by atoms with van der Waals surface area (Å²) in [6.07, 6.45) is 3.33. The first kappa shape index (κ1) is 23.9. The van der Waals surface area contributed by atoms with Crippen LogP contribution in [-0.4, -0.2) is 77.3 Å². The molecule has 2 saturated heterocycles. The highest BCUT2D eigenvalue weighted by molar-refractivity contribution is 6.39. The molecule has 2 fully saturated rings. The van der Waals surface area contributed by atoms with Gasteiger partial charge >= 0.3 is 6.03 Å². The van der Waals surface area contributed by atoms with Crippen molar-refractivity contribution in [3.8, 4) is 6.07 Å². The van der Waals surface area contributed by atoms with Gasteiger partial charge in [0.2, 0.25) is 0 Å². The summed E-state index contributed by atoms with van der Waals surface area (Å²) in [6.45, 7) is 3.37. The van der Waals surface area contributed by atoms with Crippen molar-refractivity contribution in [3.05, 3.63) is 53.2 Å². The number of anilines is 2. The van der Waals surface area contributed by atoms with E-state index in [1.807, 2.05) is 6.07 Å². The van der Waals surface area contributed by atoms with Gasteiger partial charge in [-0.3, -0.25) is 4.79 Å². The molecule has 0 aliphatic carbocycles. The van der Waals surface area contributed by atoms with Crippen molar-refractivity contribution in [2.45, 2.75) is 24.9 Å². The van der Waals surface area contributed by atoms with Gasteiger partial charge in [-0.2, -0.15) is 5.26 Å². The number of aromatic nitrogens is 1. The van der Waals surface area contributed by atoms with E-state index in [1.54, 1.807) is 46.3 Å². The molecule has 1 aromatic carbocycles. The fraction of sp³-hybridized carbons (Fsp3) is 0.400. The summed E-state index contributed by atoms with van der Waals surface area (Å²) >= 11 is 6.26. The fourth-order valence-corrected chi connectivity index (χ4v) is 5.05. The first-order valence-electron chi connectivity index (χ1n) is 11.9. The predicted molar refractivity (Wildman–Crippen MR) is 135 cm³/mol. The molecule has 5 rings (SSSR count). The average molecular weight is 508 g/mol. The first-order chi connectivity index (χ1) is 17.5. The summed E-state index contributed by atoms with van der Waals surface area (Å²) in [7, 11) is 0. The van der Waals surface area contributed by atoms with Crippen LogP contribution in [0.25, 0.3) is 0 Å². The quantitative estimate of drug-likeness (QED) is 0.682. The van der Waals surface area contributed by atoms with E-state index in [0.29, 0.717) is 80.5 Å². The number of nitrogens with zero attached hydrogens (tertiary/aromatic N) is 6. The second kappa shape index (κ2) is 10.0. The van der Waals surface area contributed by atoms with E-state index >= 15 is 0 Å². The van der Waals surface area contributed by atoms with Crippen LogP contribution in [0.1, 0.15) is 24.8 Å². The van der Waals surface area contributed by atoms with Crippen molar-refractivity contribution in [3.63, 3.8) is 0 Å². The molecule has 1 N–H and O–H groups in total. The lowest BCUT2D eigenvalue weighted by Crippen LogP contribution is -2.52. The third-order valence-electron chi connectivity index (χ3n) is 6.90. The second-order valence-electron chi connectivity index (χ2n) is 9.19. The van der Waals surface area contributed by atoms with Crippen molar-refractivity contribution < 1.29 is 14.4 Å². The number of hydrogen-bond acceptors (Lipinski definition) is 7. The molecule has 36 heavy (non-hydrogen) atoms. The van der Waals surface area contributed by atoms with E-state index in [0.717, 1.165) is 5.82 Å². The Bertz CT molecular complexity index is 1230. The minimum atomic E-state index is -0.550. The zero-order valence-corrected chi connectivity index (χ0v) is 20.4. The van der Waals surface area contributed by atoms with Crippen molar-refractivity contribution in [2.24, 2.45) is 5.16 Å². The van der Waals surface area contributed by atoms with Crippen LogP contribution in [0, 0.1) is 11.3 Å². The Kier molecular flexibility index (Phi) is 6.65. The second-order valence-corrected chi connectivity index (χ2v) is 9.59. The number of nitriles is 1. The summed E-state index contributed by atoms with van der Waals surface area (Å²) in [6, 6.07) is 12.3. The molecule has 1 spiro atoms. The van der Waals surface area contributed by atoms with Crippen LogP contribution >= 0.6 is 11.6 Å². The lowest BCUT2D eigenvalue weighted by Gasteiger charge is -2.37. The average Bonchev–Trinajstić information content (AvgIpc) is 3.32. The standard InChI is InChI=1S/C25H26ClN7O3/c26-20-5-2-8-28-22(20)31-11-13-32(14-12-31)23(34)21-16-25(36-30-21)6-9-33(10-7-25)24(35)29-19-4-1-3-18(15-19)17-27/h1-5,8,15H,6-7,9-14,16H2,(H,29,35). The Morgan fingerprint density at radius 2 is 1.83 bits per heavy atom. The Morgan fingerprint density at radius 3 is 2.56 bits per heavy atom. The van der Waals surface area contributed by atoms with E-state index in [2.05, 4.69) is 26.4 Å². The minimum Gasteiger partial charge on any atom is -0.388 e. The maximum atomic E-state index is 13.1. The summed E-state index contributed by atoms with van der Waals surface area (Å²) in [5.41, 5.74) is 0.955. The Morgan fingerprint density at radius 1 is 1.06 bits per heavy atom. The highest BCUT2D eigenvalue weighted by Crippen LogP contribution is 2.35. The number of carbonyl (C=O) groups is 2. The van der Waals surface area contributed by atoms with Gasteiger partial charge in [0.25, 0.3) is 5.91 Å². The van der Waals surface area contributed by atoms with Crippen LogP contribution in [0.5, 0.6) is 0 Å². The Hall–Kier alpha value is -3.84. The summed E-state index contributed by atoms with van der Waals surface area (Å²) in [5, 5.41) is 16.6. The highest BCUT2D eigenvalue weighted by atomic mass is 35.5. The monoisotopic (exact) mass is 507 g/mol. The molecule has 2 aromatic rings. The van der Waals surface area contributed by atoms with Crippen molar-refractivity contribution >= 4 is 40.8 Å². The molecule has 10 nitrogen and oxygen atoms in total. The van der Waals surface area contributed by atoms with E-state index < -0.39 is 5.60 Å². The van der Waals surface area contributed by atoms with Gasteiger partial charge in [-0.1, -0.05) is 22.8 Å². The molecule has 0 radical (unpaired) electrons. The zero-order chi connectivity index (χ0) is 25.1. The summed E-state index contributed by atoms with van der Waals surface area (Å²) < 4.78 is 0. The number of piperazine rings is 1. The number of carbonyl (C=O) groups excluding carboxylic acids is 2. The fourth-order valence-electron chi connectivity index (χ4n) is 4.80. The van der Waals surface area contributed by atoms with Gasteiger partial charge < -0.3 is 24.9 Å². The number of hydrogen-bond donors (Lipinski definition) is 1. The molecule has 0 saturated carbocycles. The number of amides is 3. The number of oxime groups is 1. The number of pyridine rings is 1. The van der Waals surface area contributed by atoms with Crippen LogP contribution in [0.15, 0.2) is 47.8 Å². The highest BCUT2D eigenvalue weighted by Gasteiger charge is 2.45. The molecule has 3 aliphatic rings. The Labute approximate surface area is 214 Å². The molecule has 0 atom stereocenters. The number of urea groups is 1. The maximum absolute atomic E-state index is 13.1. The third-order valence-corrected chi connectivity index (χ3v) is 7.19.